The van der Waals surface area contributed by atoms with Crippen molar-refractivity contribution in [1.82, 2.24) is 15.0 Å². The van der Waals surface area contributed by atoms with Gasteiger partial charge < -0.3 is 20.1 Å². The van der Waals surface area contributed by atoms with Crippen LogP contribution in [0.1, 0.15) is 0 Å². The normalized spacial score (nSPS) is 12.5. The second kappa shape index (κ2) is 6.80. The van der Waals surface area contributed by atoms with Gasteiger partial charge in [-0.25, -0.2) is 15.0 Å². The van der Waals surface area contributed by atoms with Crippen LogP contribution in [0.2, 0.25) is 0 Å². The maximum Gasteiger partial charge on any atom is 0.353 e. The smallest absolute Gasteiger partial charge is 0.353 e. The van der Waals surface area contributed by atoms with E-state index in [-0.39, 0.29) is 17.3 Å². The van der Waals surface area contributed by atoms with Crippen LogP contribution in [0, 0.1) is 10.1 Å². The molecule has 1 aliphatic rings. The zero-order valence-electron chi connectivity index (χ0n) is 13.2. The first-order valence-electron chi connectivity index (χ1n) is 7.53. The number of ether oxygens (including phenoxy) is 2. The standard InChI is InChI=1S/C15H12N6O4S/c22-21(23)12-13(17-8-18-14(12)20-15-16-3-6-26-15)19-9-1-2-10-11(7-9)25-5-4-24-10/h1-3,6-8H,4-5H2,(H2,16,17,18,19,20). The quantitative estimate of drug-likeness (QED) is 0.513. The summed E-state index contributed by atoms with van der Waals surface area (Å²) in [5.41, 5.74) is 0.300. The van der Waals surface area contributed by atoms with Crippen molar-refractivity contribution in [1.29, 1.82) is 0 Å². The average molecular weight is 372 g/mol. The maximum absolute atomic E-state index is 11.6. The van der Waals surface area contributed by atoms with Gasteiger partial charge in [0.1, 0.15) is 19.5 Å². The Morgan fingerprint density at radius 3 is 2.58 bits per heavy atom. The highest BCUT2D eigenvalue weighted by Gasteiger charge is 2.24. The molecule has 0 amide bonds. The molecule has 0 bridgehead atoms. The van der Waals surface area contributed by atoms with Gasteiger partial charge in [-0.05, 0) is 12.1 Å². The second-order valence-corrected chi connectivity index (χ2v) is 6.02. The fourth-order valence-corrected chi connectivity index (χ4v) is 2.91. The number of hydrogen-bond donors (Lipinski definition) is 2. The topological polar surface area (TPSA) is 124 Å². The summed E-state index contributed by atoms with van der Waals surface area (Å²) in [5, 5.41) is 19.6. The summed E-state index contributed by atoms with van der Waals surface area (Å²) < 4.78 is 11.0. The Bertz CT molecular complexity index is 949. The van der Waals surface area contributed by atoms with Crippen molar-refractivity contribution in [2.24, 2.45) is 0 Å². The van der Waals surface area contributed by atoms with E-state index in [0.717, 1.165) is 0 Å². The van der Waals surface area contributed by atoms with Crippen LogP contribution in [0.25, 0.3) is 0 Å². The minimum atomic E-state index is -0.545. The maximum atomic E-state index is 11.6. The fraction of sp³-hybridized carbons (Fsp3) is 0.133. The summed E-state index contributed by atoms with van der Waals surface area (Å²) in [5.74, 6) is 1.31. The lowest BCUT2D eigenvalue weighted by Crippen LogP contribution is -2.15. The number of aromatic nitrogens is 3. The summed E-state index contributed by atoms with van der Waals surface area (Å²) in [6, 6.07) is 5.17. The van der Waals surface area contributed by atoms with Crippen molar-refractivity contribution in [3.8, 4) is 11.5 Å². The summed E-state index contributed by atoms with van der Waals surface area (Å²) in [7, 11) is 0. The lowest BCUT2D eigenvalue weighted by atomic mass is 10.2. The van der Waals surface area contributed by atoms with Crippen molar-refractivity contribution < 1.29 is 14.4 Å². The summed E-state index contributed by atoms with van der Waals surface area (Å²) in [6.07, 6.45) is 2.83. The van der Waals surface area contributed by atoms with Crippen molar-refractivity contribution in [2.45, 2.75) is 0 Å². The summed E-state index contributed by atoms with van der Waals surface area (Å²) >= 11 is 1.31. The molecular weight excluding hydrogens is 360 g/mol. The third kappa shape index (κ3) is 3.19. The number of thiazole rings is 1. The van der Waals surface area contributed by atoms with Crippen molar-refractivity contribution in [3.63, 3.8) is 0 Å². The van der Waals surface area contributed by atoms with E-state index in [4.69, 9.17) is 9.47 Å². The number of nitrogens with zero attached hydrogens (tertiary/aromatic N) is 4. The van der Waals surface area contributed by atoms with Crippen LogP contribution in [0.5, 0.6) is 11.5 Å². The highest BCUT2D eigenvalue weighted by atomic mass is 32.1. The summed E-state index contributed by atoms with van der Waals surface area (Å²) in [6.45, 7) is 0.939. The first-order valence-corrected chi connectivity index (χ1v) is 8.41. The molecule has 26 heavy (non-hydrogen) atoms. The van der Waals surface area contributed by atoms with Gasteiger partial charge in [-0.2, -0.15) is 0 Å². The lowest BCUT2D eigenvalue weighted by molar-refractivity contribution is -0.383. The molecule has 0 unspecified atom stereocenters. The van der Waals surface area contributed by atoms with E-state index in [0.29, 0.717) is 35.5 Å². The van der Waals surface area contributed by atoms with E-state index in [2.05, 4.69) is 25.6 Å². The molecule has 1 aromatic carbocycles. The van der Waals surface area contributed by atoms with Crippen LogP contribution >= 0.6 is 11.3 Å². The number of hydrogen-bond acceptors (Lipinski definition) is 10. The highest BCUT2D eigenvalue weighted by Crippen LogP contribution is 2.36. The number of nitrogens with one attached hydrogen (secondary N) is 2. The molecule has 0 atom stereocenters. The number of anilines is 4. The van der Waals surface area contributed by atoms with Crippen LogP contribution in [0.4, 0.5) is 28.1 Å². The van der Waals surface area contributed by atoms with Crippen molar-refractivity contribution in [2.75, 3.05) is 23.8 Å². The van der Waals surface area contributed by atoms with E-state index in [1.54, 1.807) is 29.8 Å². The van der Waals surface area contributed by atoms with Crippen LogP contribution in [0.15, 0.2) is 36.1 Å². The number of benzene rings is 1. The van der Waals surface area contributed by atoms with Gasteiger partial charge in [0.15, 0.2) is 16.6 Å². The molecule has 2 N–H and O–H groups in total. The van der Waals surface area contributed by atoms with Gasteiger partial charge in [-0.3, -0.25) is 10.1 Å². The molecule has 10 nitrogen and oxygen atoms in total. The molecule has 132 valence electrons. The zero-order chi connectivity index (χ0) is 17.9. The fourth-order valence-electron chi connectivity index (χ4n) is 2.38. The number of nitro groups is 1. The zero-order valence-corrected chi connectivity index (χ0v) is 14.0. The molecule has 0 radical (unpaired) electrons. The minimum Gasteiger partial charge on any atom is -0.486 e. The molecule has 4 rings (SSSR count). The average Bonchev–Trinajstić information content (AvgIpc) is 3.14. The summed E-state index contributed by atoms with van der Waals surface area (Å²) in [4.78, 5) is 23.0. The Balaban J connectivity index is 1.66. The van der Waals surface area contributed by atoms with Gasteiger partial charge >= 0.3 is 5.69 Å². The van der Waals surface area contributed by atoms with Crippen LogP contribution in [0.3, 0.4) is 0 Å². The first-order chi connectivity index (χ1) is 12.7. The number of fused-ring (bicyclic) bond motifs is 1. The van der Waals surface area contributed by atoms with Gasteiger partial charge in [0, 0.05) is 23.3 Å². The first kappa shape index (κ1) is 16.0. The molecule has 0 spiro atoms. The van der Waals surface area contributed by atoms with Gasteiger partial charge in [-0.1, -0.05) is 0 Å². The van der Waals surface area contributed by atoms with E-state index < -0.39 is 4.92 Å². The van der Waals surface area contributed by atoms with Crippen LogP contribution < -0.4 is 20.1 Å². The highest BCUT2D eigenvalue weighted by molar-refractivity contribution is 7.13. The van der Waals surface area contributed by atoms with E-state index in [1.165, 1.54) is 17.7 Å². The Morgan fingerprint density at radius 1 is 1.08 bits per heavy atom. The molecular formula is C15H12N6O4S. The number of rotatable bonds is 5. The molecule has 0 saturated carbocycles. The third-order valence-electron chi connectivity index (χ3n) is 3.47. The third-order valence-corrected chi connectivity index (χ3v) is 4.16. The van der Waals surface area contributed by atoms with Gasteiger partial charge in [-0.15, -0.1) is 11.3 Å². The Kier molecular flexibility index (Phi) is 4.19. The van der Waals surface area contributed by atoms with Gasteiger partial charge in [0.05, 0.1) is 4.92 Å². The van der Waals surface area contributed by atoms with Crippen LogP contribution in [-0.2, 0) is 0 Å². The molecule has 0 fully saturated rings. The molecule has 2 aromatic heterocycles. The molecule has 1 aliphatic heterocycles. The SMILES string of the molecule is O=[N+]([O-])c1c(Nc2ccc3c(c2)OCCO3)ncnc1Nc1nccs1. The van der Waals surface area contributed by atoms with Crippen molar-refractivity contribution >= 4 is 39.5 Å². The van der Waals surface area contributed by atoms with E-state index in [9.17, 15) is 10.1 Å². The molecule has 3 aromatic rings. The minimum absolute atomic E-state index is 0.0555. The molecule has 0 saturated heterocycles. The molecule has 3 heterocycles. The predicted molar refractivity (Wildman–Crippen MR) is 94.8 cm³/mol. The Hall–Kier alpha value is -3.47. The van der Waals surface area contributed by atoms with Gasteiger partial charge in [0.2, 0.25) is 11.6 Å². The van der Waals surface area contributed by atoms with Gasteiger partial charge in [0.25, 0.3) is 0 Å². The van der Waals surface area contributed by atoms with E-state index in [1.807, 2.05) is 0 Å². The molecule has 11 heteroatoms. The monoisotopic (exact) mass is 372 g/mol. The van der Waals surface area contributed by atoms with E-state index >= 15 is 0 Å². The second-order valence-electron chi connectivity index (χ2n) is 5.12. The lowest BCUT2D eigenvalue weighted by Gasteiger charge is -2.19. The largest absolute Gasteiger partial charge is 0.486 e. The van der Waals surface area contributed by atoms with Crippen molar-refractivity contribution in [3.05, 3.63) is 46.2 Å². The Labute approximate surface area is 151 Å². The predicted octanol–water partition coefficient (Wildman–Crippen LogP) is 3.10. The van der Waals surface area contributed by atoms with Crippen LogP contribution in [-0.4, -0.2) is 33.1 Å². The Morgan fingerprint density at radius 2 is 1.85 bits per heavy atom. The molecule has 0 aliphatic carbocycles.